The number of benzene rings is 3. The minimum absolute atomic E-state index is 0.535. The third-order valence-corrected chi connectivity index (χ3v) is 4.58. The van der Waals surface area contributed by atoms with Gasteiger partial charge in [-0.3, -0.25) is 0 Å². The number of nitrogens with one attached hydrogen (secondary N) is 1. The maximum atomic E-state index is 6.18. The molecule has 0 saturated heterocycles. The Balaban J connectivity index is 1.60. The molecule has 0 saturated carbocycles. The molecule has 3 rings (SSSR count). The summed E-state index contributed by atoms with van der Waals surface area (Å²) in [5, 5.41) is 4.16. The molecule has 0 aliphatic rings. The zero-order valence-electron chi connectivity index (χ0n) is 15.7. The van der Waals surface area contributed by atoms with Gasteiger partial charge in [0.05, 0.1) is 7.11 Å². The molecular weight excluding hydrogens is 358 g/mol. The van der Waals surface area contributed by atoms with Gasteiger partial charge in [0.15, 0.2) is 0 Å². The first-order chi connectivity index (χ1) is 13.1. The third-order valence-electron chi connectivity index (χ3n) is 4.34. The fraction of sp³-hybridized carbons (Fsp3) is 0.217. The second-order valence-electron chi connectivity index (χ2n) is 6.48. The Kier molecular flexibility index (Phi) is 6.74. The molecular formula is C23H24ClNO2. The standard InChI is InChI=1S/C23H24ClNO2/c1-17-3-5-19(6-4-17)16-27-23-12-9-21(24)13-20(23)15-25-14-18-7-10-22(26-2)11-8-18/h3-13,25H,14-16H2,1-2H3. The summed E-state index contributed by atoms with van der Waals surface area (Å²) < 4.78 is 11.2. The quantitative estimate of drug-likeness (QED) is 0.556. The maximum absolute atomic E-state index is 6.18. The smallest absolute Gasteiger partial charge is 0.124 e. The lowest BCUT2D eigenvalue weighted by molar-refractivity contribution is 0.302. The van der Waals surface area contributed by atoms with E-state index >= 15 is 0 Å². The third kappa shape index (κ3) is 5.75. The monoisotopic (exact) mass is 381 g/mol. The van der Waals surface area contributed by atoms with Crippen molar-refractivity contribution in [3.8, 4) is 11.5 Å². The van der Waals surface area contributed by atoms with Crippen LogP contribution in [0.1, 0.15) is 22.3 Å². The summed E-state index contributed by atoms with van der Waals surface area (Å²) in [6.45, 7) is 4.05. The predicted octanol–water partition coefficient (Wildman–Crippen LogP) is 5.53. The summed E-state index contributed by atoms with van der Waals surface area (Å²) in [5.41, 5.74) is 4.63. The molecule has 1 N–H and O–H groups in total. The number of ether oxygens (including phenoxy) is 2. The van der Waals surface area contributed by atoms with Crippen LogP contribution in [0.15, 0.2) is 66.7 Å². The fourth-order valence-corrected chi connectivity index (χ4v) is 2.95. The highest BCUT2D eigenvalue weighted by Crippen LogP contribution is 2.24. The van der Waals surface area contributed by atoms with Crippen LogP contribution in [-0.2, 0) is 19.7 Å². The van der Waals surface area contributed by atoms with Crippen LogP contribution in [0.2, 0.25) is 5.02 Å². The first kappa shape index (κ1) is 19.3. The topological polar surface area (TPSA) is 30.5 Å². The fourth-order valence-electron chi connectivity index (χ4n) is 2.76. The largest absolute Gasteiger partial charge is 0.497 e. The van der Waals surface area contributed by atoms with E-state index in [0.29, 0.717) is 18.2 Å². The van der Waals surface area contributed by atoms with Crippen LogP contribution in [0.5, 0.6) is 11.5 Å². The molecule has 0 bridgehead atoms. The van der Waals surface area contributed by atoms with Gasteiger partial charge in [-0.15, -0.1) is 0 Å². The van der Waals surface area contributed by atoms with Gasteiger partial charge in [0.2, 0.25) is 0 Å². The van der Waals surface area contributed by atoms with Gasteiger partial charge in [0.25, 0.3) is 0 Å². The average Bonchev–Trinajstić information content (AvgIpc) is 2.69. The Morgan fingerprint density at radius 1 is 0.852 bits per heavy atom. The number of aryl methyl sites for hydroxylation is 1. The van der Waals surface area contributed by atoms with Gasteiger partial charge in [-0.25, -0.2) is 0 Å². The minimum Gasteiger partial charge on any atom is -0.497 e. The van der Waals surface area contributed by atoms with Gasteiger partial charge >= 0.3 is 0 Å². The lowest BCUT2D eigenvalue weighted by atomic mass is 10.1. The number of methoxy groups -OCH3 is 1. The van der Waals surface area contributed by atoms with Crippen LogP contribution < -0.4 is 14.8 Å². The van der Waals surface area contributed by atoms with E-state index in [0.717, 1.165) is 29.2 Å². The molecule has 0 aromatic heterocycles. The zero-order chi connectivity index (χ0) is 19.1. The number of rotatable bonds is 8. The van der Waals surface area contributed by atoms with E-state index in [9.17, 15) is 0 Å². The highest BCUT2D eigenvalue weighted by molar-refractivity contribution is 6.30. The van der Waals surface area contributed by atoms with E-state index in [4.69, 9.17) is 21.1 Å². The van der Waals surface area contributed by atoms with Crippen molar-refractivity contribution in [1.29, 1.82) is 0 Å². The second-order valence-corrected chi connectivity index (χ2v) is 6.91. The second kappa shape index (κ2) is 9.45. The van der Waals surface area contributed by atoms with E-state index in [1.165, 1.54) is 11.1 Å². The molecule has 0 radical (unpaired) electrons. The van der Waals surface area contributed by atoms with Gasteiger partial charge in [0, 0.05) is 23.7 Å². The van der Waals surface area contributed by atoms with Crippen molar-refractivity contribution in [2.24, 2.45) is 0 Å². The molecule has 3 aromatic carbocycles. The summed E-state index contributed by atoms with van der Waals surface area (Å²) in [6.07, 6.45) is 0. The molecule has 3 nitrogen and oxygen atoms in total. The van der Waals surface area contributed by atoms with Gasteiger partial charge in [-0.2, -0.15) is 0 Å². The van der Waals surface area contributed by atoms with E-state index < -0.39 is 0 Å². The number of hydrogen-bond donors (Lipinski definition) is 1. The van der Waals surface area contributed by atoms with Gasteiger partial charge in [-0.1, -0.05) is 53.6 Å². The molecule has 0 aliphatic heterocycles. The van der Waals surface area contributed by atoms with Crippen LogP contribution in [-0.4, -0.2) is 7.11 Å². The molecule has 0 spiro atoms. The molecule has 0 atom stereocenters. The van der Waals surface area contributed by atoms with E-state index in [1.54, 1.807) is 7.11 Å². The summed E-state index contributed by atoms with van der Waals surface area (Å²) in [5.74, 6) is 1.71. The molecule has 3 aromatic rings. The van der Waals surface area contributed by atoms with E-state index in [-0.39, 0.29) is 0 Å². The molecule has 0 fully saturated rings. The van der Waals surface area contributed by atoms with Crippen molar-refractivity contribution in [1.82, 2.24) is 5.32 Å². The van der Waals surface area contributed by atoms with Crippen LogP contribution in [0, 0.1) is 6.92 Å². The van der Waals surface area contributed by atoms with Crippen molar-refractivity contribution in [2.45, 2.75) is 26.6 Å². The van der Waals surface area contributed by atoms with E-state index in [2.05, 4.69) is 48.6 Å². The molecule has 27 heavy (non-hydrogen) atoms. The normalized spacial score (nSPS) is 10.6. The molecule has 0 amide bonds. The molecule has 0 heterocycles. The van der Waals surface area contributed by atoms with Crippen LogP contribution in [0.4, 0.5) is 0 Å². The Bertz CT molecular complexity index is 861. The summed E-state index contributed by atoms with van der Waals surface area (Å²) >= 11 is 6.18. The maximum Gasteiger partial charge on any atom is 0.124 e. The Morgan fingerprint density at radius 2 is 1.56 bits per heavy atom. The molecule has 140 valence electrons. The molecule has 0 aliphatic carbocycles. The highest BCUT2D eigenvalue weighted by Gasteiger charge is 2.06. The minimum atomic E-state index is 0.535. The van der Waals surface area contributed by atoms with E-state index in [1.807, 2.05) is 30.3 Å². The summed E-state index contributed by atoms with van der Waals surface area (Å²) in [4.78, 5) is 0. The van der Waals surface area contributed by atoms with Crippen LogP contribution in [0.25, 0.3) is 0 Å². The first-order valence-corrected chi connectivity index (χ1v) is 9.32. The highest BCUT2D eigenvalue weighted by atomic mass is 35.5. The van der Waals surface area contributed by atoms with Crippen molar-refractivity contribution in [2.75, 3.05) is 7.11 Å². The Hall–Kier alpha value is -2.49. The van der Waals surface area contributed by atoms with Crippen molar-refractivity contribution >= 4 is 11.6 Å². The average molecular weight is 382 g/mol. The Labute approximate surface area is 165 Å². The predicted molar refractivity (Wildman–Crippen MR) is 111 cm³/mol. The Morgan fingerprint density at radius 3 is 2.26 bits per heavy atom. The number of halogens is 1. The lowest BCUT2D eigenvalue weighted by Gasteiger charge is -2.13. The van der Waals surface area contributed by atoms with Crippen LogP contribution >= 0.6 is 11.6 Å². The molecule has 0 unspecified atom stereocenters. The van der Waals surface area contributed by atoms with Gasteiger partial charge in [0.1, 0.15) is 18.1 Å². The van der Waals surface area contributed by atoms with Gasteiger partial charge < -0.3 is 14.8 Å². The lowest BCUT2D eigenvalue weighted by Crippen LogP contribution is -2.13. The number of hydrogen-bond acceptors (Lipinski definition) is 3. The zero-order valence-corrected chi connectivity index (χ0v) is 16.4. The van der Waals surface area contributed by atoms with Crippen molar-refractivity contribution in [3.63, 3.8) is 0 Å². The SMILES string of the molecule is COc1ccc(CNCc2cc(Cl)ccc2OCc2ccc(C)cc2)cc1. The van der Waals surface area contributed by atoms with Crippen LogP contribution in [0.3, 0.4) is 0 Å². The van der Waals surface area contributed by atoms with Crippen molar-refractivity contribution in [3.05, 3.63) is 94.0 Å². The molecule has 4 heteroatoms. The summed E-state index contributed by atoms with van der Waals surface area (Å²) in [6, 6.07) is 22.2. The van der Waals surface area contributed by atoms with Gasteiger partial charge in [-0.05, 0) is 48.4 Å². The summed E-state index contributed by atoms with van der Waals surface area (Å²) in [7, 11) is 1.67. The van der Waals surface area contributed by atoms with Crippen molar-refractivity contribution < 1.29 is 9.47 Å². The first-order valence-electron chi connectivity index (χ1n) is 8.94.